The average Bonchev–Trinajstić information content (AvgIpc) is 2.39. The highest BCUT2D eigenvalue weighted by molar-refractivity contribution is 4.66. The van der Waals surface area contributed by atoms with Crippen molar-refractivity contribution in [3.05, 3.63) is 0 Å². The quantitative estimate of drug-likeness (QED) is 0.397. The first-order valence-corrected chi connectivity index (χ1v) is 7.86. The van der Waals surface area contributed by atoms with Crippen LogP contribution in [0.3, 0.4) is 0 Å². The standard InChI is InChI=1S/C16H31NO/c1-2-3-4-5-6-7-8-9-10-11-12-15-18-16-13-14-17/h2-13,15-16H2,1H3. The highest BCUT2D eigenvalue weighted by Crippen LogP contribution is 2.11. The third-order valence-electron chi connectivity index (χ3n) is 3.25. The summed E-state index contributed by atoms with van der Waals surface area (Å²) >= 11 is 0. The molecule has 0 aliphatic heterocycles. The van der Waals surface area contributed by atoms with Gasteiger partial charge < -0.3 is 4.74 Å². The number of nitrogens with zero attached hydrogens (tertiary/aromatic N) is 1. The lowest BCUT2D eigenvalue weighted by Crippen LogP contribution is -1.95. The molecule has 0 heterocycles. The Bertz CT molecular complexity index is 186. The molecule has 0 fully saturated rings. The molecule has 0 spiro atoms. The van der Waals surface area contributed by atoms with Gasteiger partial charge in [0.05, 0.1) is 19.1 Å². The molecule has 0 saturated heterocycles. The summed E-state index contributed by atoms with van der Waals surface area (Å²) in [5, 5.41) is 8.33. The Morgan fingerprint density at radius 3 is 1.72 bits per heavy atom. The number of hydrogen-bond acceptors (Lipinski definition) is 2. The zero-order chi connectivity index (χ0) is 13.3. The van der Waals surface area contributed by atoms with Crippen molar-refractivity contribution < 1.29 is 4.74 Å². The smallest absolute Gasteiger partial charge is 0.0645 e. The minimum absolute atomic E-state index is 0.526. The Balaban J connectivity index is 2.89. The van der Waals surface area contributed by atoms with E-state index in [0.29, 0.717) is 13.0 Å². The van der Waals surface area contributed by atoms with Crippen LogP contribution in [-0.2, 0) is 4.74 Å². The van der Waals surface area contributed by atoms with Crippen molar-refractivity contribution in [1.82, 2.24) is 0 Å². The Kier molecular flexibility index (Phi) is 15.9. The molecule has 2 nitrogen and oxygen atoms in total. The highest BCUT2D eigenvalue weighted by atomic mass is 16.5. The van der Waals surface area contributed by atoms with Gasteiger partial charge in [-0.25, -0.2) is 0 Å². The third kappa shape index (κ3) is 15.4. The fourth-order valence-electron chi connectivity index (χ4n) is 2.09. The van der Waals surface area contributed by atoms with E-state index in [4.69, 9.17) is 10.00 Å². The molecule has 0 aromatic carbocycles. The molecule has 0 aliphatic carbocycles. The molecule has 0 amide bonds. The minimum atomic E-state index is 0.526. The maximum Gasteiger partial charge on any atom is 0.0645 e. The van der Waals surface area contributed by atoms with Crippen molar-refractivity contribution in [3.8, 4) is 6.07 Å². The first-order valence-electron chi connectivity index (χ1n) is 7.86. The topological polar surface area (TPSA) is 33.0 Å². The molecule has 0 aromatic rings. The number of hydrogen-bond donors (Lipinski definition) is 0. The van der Waals surface area contributed by atoms with Crippen molar-refractivity contribution in [2.45, 2.75) is 84.0 Å². The maximum absolute atomic E-state index is 8.33. The summed E-state index contributed by atoms with van der Waals surface area (Å²) in [4.78, 5) is 0. The third-order valence-corrected chi connectivity index (χ3v) is 3.25. The maximum atomic E-state index is 8.33. The Morgan fingerprint density at radius 2 is 1.22 bits per heavy atom. The summed E-state index contributed by atoms with van der Waals surface area (Å²) in [6.45, 7) is 3.71. The predicted molar refractivity (Wildman–Crippen MR) is 77.5 cm³/mol. The Labute approximate surface area is 114 Å². The lowest BCUT2D eigenvalue weighted by Gasteiger charge is -2.03. The second kappa shape index (κ2) is 16.4. The zero-order valence-electron chi connectivity index (χ0n) is 12.3. The first-order chi connectivity index (χ1) is 8.91. The molecular formula is C16H31NO. The van der Waals surface area contributed by atoms with Crippen LogP contribution in [0.5, 0.6) is 0 Å². The van der Waals surface area contributed by atoms with Crippen LogP contribution in [0.15, 0.2) is 0 Å². The molecular weight excluding hydrogens is 222 g/mol. The van der Waals surface area contributed by atoms with Gasteiger partial charge in [-0.2, -0.15) is 5.26 Å². The van der Waals surface area contributed by atoms with Gasteiger partial charge in [-0.1, -0.05) is 71.1 Å². The largest absolute Gasteiger partial charge is 0.380 e. The zero-order valence-corrected chi connectivity index (χ0v) is 12.3. The molecule has 0 unspecified atom stereocenters. The minimum Gasteiger partial charge on any atom is -0.380 e. The van der Waals surface area contributed by atoms with Crippen molar-refractivity contribution in [3.63, 3.8) is 0 Å². The van der Waals surface area contributed by atoms with E-state index in [-0.39, 0.29) is 0 Å². The molecule has 0 atom stereocenters. The van der Waals surface area contributed by atoms with Gasteiger partial charge in [0.25, 0.3) is 0 Å². The number of rotatable bonds is 14. The van der Waals surface area contributed by atoms with E-state index in [0.717, 1.165) is 13.0 Å². The second-order valence-electron chi connectivity index (χ2n) is 5.06. The SMILES string of the molecule is CCCCCCCCCCCCCOCCC#N. The fraction of sp³-hybridized carbons (Fsp3) is 0.938. The molecule has 18 heavy (non-hydrogen) atoms. The van der Waals surface area contributed by atoms with Crippen molar-refractivity contribution in [1.29, 1.82) is 5.26 Å². The van der Waals surface area contributed by atoms with Crippen LogP contribution in [0.2, 0.25) is 0 Å². The van der Waals surface area contributed by atoms with Crippen LogP contribution in [0.4, 0.5) is 0 Å². The van der Waals surface area contributed by atoms with Crippen LogP contribution in [-0.4, -0.2) is 13.2 Å². The van der Waals surface area contributed by atoms with Crippen LogP contribution in [0, 0.1) is 11.3 Å². The lowest BCUT2D eigenvalue weighted by atomic mass is 10.1. The van der Waals surface area contributed by atoms with Crippen molar-refractivity contribution in [2.24, 2.45) is 0 Å². The summed E-state index contributed by atoms with van der Waals surface area (Å²) < 4.78 is 5.33. The second-order valence-corrected chi connectivity index (χ2v) is 5.06. The van der Waals surface area contributed by atoms with Gasteiger partial charge in [0, 0.05) is 6.61 Å². The number of unbranched alkanes of at least 4 members (excludes halogenated alkanes) is 10. The van der Waals surface area contributed by atoms with Gasteiger partial charge >= 0.3 is 0 Å². The fourth-order valence-corrected chi connectivity index (χ4v) is 2.09. The molecule has 0 radical (unpaired) electrons. The number of nitriles is 1. The highest BCUT2D eigenvalue weighted by Gasteiger charge is 1.93. The van der Waals surface area contributed by atoms with E-state index in [9.17, 15) is 0 Å². The van der Waals surface area contributed by atoms with Gasteiger partial charge in [0.1, 0.15) is 0 Å². The van der Waals surface area contributed by atoms with Crippen molar-refractivity contribution in [2.75, 3.05) is 13.2 Å². The summed E-state index contributed by atoms with van der Waals surface area (Å²) in [6, 6.07) is 2.09. The van der Waals surface area contributed by atoms with Crippen LogP contribution in [0.1, 0.15) is 84.0 Å². The Hall–Kier alpha value is -0.550. The first kappa shape index (κ1) is 17.4. The van der Waals surface area contributed by atoms with Crippen LogP contribution >= 0.6 is 0 Å². The van der Waals surface area contributed by atoms with E-state index in [1.807, 2.05) is 0 Å². The Morgan fingerprint density at radius 1 is 0.722 bits per heavy atom. The molecule has 2 heteroatoms. The van der Waals surface area contributed by atoms with Gasteiger partial charge in [-0.15, -0.1) is 0 Å². The van der Waals surface area contributed by atoms with E-state index in [1.165, 1.54) is 64.2 Å². The average molecular weight is 253 g/mol. The van der Waals surface area contributed by atoms with E-state index >= 15 is 0 Å². The number of ether oxygens (including phenoxy) is 1. The van der Waals surface area contributed by atoms with E-state index in [2.05, 4.69) is 13.0 Å². The van der Waals surface area contributed by atoms with Gasteiger partial charge in [0.15, 0.2) is 0 Å². The van der Waals surface area contributed by atoms with Gasteiger partial charge in [-0.05, 0) is 6.42 Å². The van der Waals surface area contributed by atoms with Gasteiger partial charge in [0.2, 0.25) is 0 Å². The lowest BCUT2D eigenvalue weighted by molar-refractivity contribution is 0.135. The normalized spacial score (nSPS) is 10.4. The molecule has 0 aliphatic rings. The van der Waals surface area contributed by atoms with Gasteiger partial charge in [-0.3, -0.25) is 0 Å². The molecule has 0 N–H and O–H groups in total. The summed E-state index contributed by atoms with van der Waals surface area (Å²) in [5.74, 6) is 0. The molecule has 106 valence electrons. The summed E-state index contributed by atoms with van der Waals surface area (Å²) in [6.07, 6.45) is 15.5. The molecule has 0 aromatic heterocycles. The molecule has 0 rings (SSSR count). The van der Waals surface area contributed by atoms with Crippen LogP contribution in [0.25, 0.3) is 0 Å². The van der Waals surface area contributed by atoms with Crippen molar-refractivity contribution >= 4 is 0 Å². The van der Waals surface area contributed by atoms with E-state index < -0.39 is 0 Å². The summed E-state index contributed by atoms with van der Waals surface area (Å²) in [7, 11) is 0. The molecule has 0 bridgehead atoms. The van der Waals surface area contributed by atoms with E-state index in [1.54, 1.807) is 0 Å². The monoisotopic (exact) mass is 253 g/mol. The molecule has 0 saturated carbocycles. The predicted octanol–water partition coefficient (Wildman–Crippen LogP) is 5.23. The summed E-state index contributed by atoms with van der Waals surface area (Å²) in [5.41, 5.74) is 0. The van der Waals surface area contributed by atoms with Crippen LogP contribution < -0.4 is 0 Å².